The second-order valence-corrected chi connectivity index (χ2v) is 5.60. The van der Waals surface area contributed by atoms with E-state index < -0.39 is 4.92 Å². The Hall–Kier alpha value is -3.25. The van der Waals surface area contributed by atoms with E-state index in [4.69, 9.17) is 12.2 Å². The molecule has 5 nitrogen and oxygen atoms in total. The number of hydrogen-bond acceptors (Lipinski definition) is 3. The molecule has 0 bridgehead atoms. The van der Waals surface area contributed by atoms with Gasteiger partial charge in [-0.15, -0.1) is 0 Å². The monoisotopic (exact) mass is 349 g/mol. The molecule has 3 rings (SSSR count). The lowest BCUT2D eigenvalue weighted by molar-refractivity contribution is -0.384. The lowest BCUT2D eigenvalue weighted by Gasteiger charge is -2.25. The molecule has 6 heteroatoms. The van der Waals surface area contributed by atoms with Crippen LogP contribution in [0.3, 0.4) is 0 Å². The van der Waals surface area contributed by atoms with Crippen LogP contribution in [0.4, 0.5) is 22.7 Å². The number of nitro benzene ring substituents is 1. The molecule has 124 valence electrons. The lowest BCUT2D eigenvalue weighted by Crippen LogP contribution is -2.31. The molecule has 0 amide bonds. The van der Waals surface area contributed by atoms with Gasteiger partial charge in [0.1, 0.15) is 5.69 Å². The van der Waals surface area contributed by atoms with E-state index in [0.717, 1.165) is 11.4 Å². The smallest absolute Gasteiger partial charge is 0.293 e. The van der Waals surface area contributed by atoms with Crippen molar-refractivity contribution in [3.05, 3.63) is 95.0 Å². The average molecular weight is 349 g/mol. The van der Waals surface area contributed by atoms with Gasteiger partial charge in [0, 0.05) is 17.4 Å². The Morgan fingerprint density at radius 3 is 2.08 bits per heavy atom. The predicted octanol–water partition coefficient (Wildman–Crippen LogP) is 5.13. The van der Waals surface area contributed by atoms with E-state index in [1.807, 2.05) is 60.7 Å². The Morgan fingerprint density at radius 2 is 1.44 bits per heavy atom. The molecule has 0 radical (unpaired) electrons. The van der Waals surface area contributed by atoms with Crippen LogP contribution in [-0.4, -0.2) is 10.0 Å². The molecule has 0 heterocycles. The first-order chi connectivity index (χ1) is 12.2. The van der Waals surface area contributed by atoms with E-state index in [-0.39, 0.29) is 5.69 Å². The zero-order valence-corrected chi connectivity index (χ0v) is 14.0. The van der Waals surface area contributed by atoms with Crippen molar-refractivity contribution >= 4 is 40.1 Å². The first-order valence-electron chi connectivity index (χ1n) is 7.61. The molecule has 25 heavy (non-hydrogen) atoms. The Balaban J connectivity index is 2.05. The highest BCUT2D eigenvalue weighted by atomic mass is 32.1. The third kappa shape index (κ3) is 3.81. The number of hydrogen-bond donors (Lipinski definition) is 1. The summed E-state index contributed by atoms with van der Waals surface area (Å²) >= 11 is 5.56. The van der Waals surface area contributed by atoms with Crippen LogP contribution < -0.4 is 10.2 Å². The normalized spacial score (nSPS) is 10.1. The van der Waals surface area contributed by atoms with Crippen molar-refractivity contribution in [2.45, 2.75) is 0 Å². The maximum absolute atomic E-state index is 11.5. The maximum atomic E-state index is 11.5. The fourth-order valence-corrected chi connectivity index (χ4v) is 2.77. The number of benzene rings is 3. The van der Waals surface area contributed by atoms with Crippen molar-refractivity contribution in [2.75, 3.05) is 10.2 Å². The van der Waals surface area contributed by atoms with Gasteiger partial charge in [0.15, 0.2) is 5.11 Å². The summed E-state index contributed by atoms with van der Waals surface area (Å²) in [5.41, 5.74) is 1.95. The average Bonchev–Trinajstić information content (AvgIpc) is 2.64. The van der Waals surface area contributed by atoms with Crippen molar-refractivity contribution in [2.24, 2.45) is 0 Å². The van der Waals surface area contributed by atoms with Crippen LogP contribution in [0.2, 0.25) is 0 Å². The SMILES string of the molecule is O=[N+]([O-])c1ccccc1N(C(=S)Nc1ccccc1)c1ccccc1. The molecule has 0 atom stereocenters. The number of thiocarbonyl (C=S) groups is 1. The van der Waals surface area contributed by atoms with Gasteiger partial charge < -0.3 is 5.32 Å². The second kappa shape index (κ2) is 7.55. The number of nitrogens with zero attached hydrogens (tertiary/aromatic N) is 2. The van der Waals surface area contributed by atoms with Crippen molar-refractivity contribution in [1.29, 1.82) is 0 Å². The van der Waals surface area contributed by atoms with Gasteiger partial charge in [-0.25, -0.2) is 0 Å². The van der Waals surface area contributed by atoms with E-state index in [1.54, 1.807) is 23.1 Å². The fourth-order valence-electron chi connectivity index (χ4n) is 2.45. The molecule has 0 spiro atoms. The van der Waals surface area contributed by atoms with E-state index in [9.17, 15) is 10.1 Å². The minimum Gasteiger partial charge on any atom is -0.332 e. The summed E-state index contributed by atoms with van der Waals surface area (Å²) in [5.74, 6) is 0. The van der Waals surface area contributed by atoms with Gasteiger partial charge in [-0.2, -0.15) is 0 Å². The molecule has 3 aromatic carbocycles. The number of anilines is 3. The van der Waals surface area contributed by atoms with Gasteiger partial charge in [0.2, 0.25) is 0 Å². The first kappa shape index (κ1) is 16.6. The second-order valence-electron chi connectivity index (χ2n) is 5.21. The highest BCUT2D eigenvalue weighted by Crippen LogP contribution is 2.34. The van der Waals surface area contributed by atoms with E-state index in [2.05, 4.69) is 5.32 Å². The molecule has 0 aliphatic rings. The first-order valence-corrected chi connectivity index (χ1v) is 8.02. The molecule has 1 N–H and O–H groups in total. The Bertz CT molecular complexity index is 885. The van der Waals surface area contributed by atoms with Gasteiger partial charge in [0.25, 0.3) is 5.69 Å². The summed E-state index contributed by atoms with van der Waals surface area (Å²) in [6.07, 6.45) is 0. The maximum Gasteiger partial charge on any atom is 0.293 e. The minimum absolute atomic E-state index is 0.0106. The Morgan fingerprint density at radius 1 is 0.880 bits per heavy atom. The fraction of sp³-hybridized carbons (Fsp3) is 0. The number of nitrogens with one attached hydrogen (secondary N) is 1. The van der Waals surface area contributed by atoms with Crippen molar-refractivity contribution in [1.82, 2.24) is 0 Å². The summed E-state index contributed by atoms with van der Waals surface area (Å²) in [6, 6.07) is 25.3. The third-order valence-corrected chi connectivity index (χ3v) is 3.85. The van der Waals surface area contributed by atoms with Gasteiger partial charge in [0.05, 0.1) is 4.92 Å². The lowest BCUT2D eigenvalue weighted by atomic mass is 10.2. The summed E-state index contributed by atoms with van der Waals surface area (Å²) in [7, 11) is 0. The summed E-state index contributed by atoms with van der Waals surface area (Å²) < 4.78 is 0. The zero-order valence-electron chi connectivity index (χ0n) is 13.2. The van der Waals surface area contributed by atoms with E-state index in [0.29, 0.717) is 10.8 Å². The van der Waals surface area contributed by atoms with E-state index >= 15 is 0 Å². The van der Waals surface area contributed by atoms with Crippen LogP contribution in [0.25, 0.3) is 0 Å². The molecule has 0 saturated carbocycles. The van der Waals surface area contributed by atoms with Crippen molar-refractivity contribution < 1.29 is 4.92 Å². The number of nitro groups is 1. The van der Waals surface area contributed by atoms with Crippen molar-refractivity contribution in [3.63, 3.8) is 0 Å². The van der Waals surface area contributed by atoms with Crippen LogP contribution in [-0.2, 0) is 0 Å². The van der Waals surface area contributed by atoms with Crippen LogP contribution in [0, 0.1) is 10.1 Å². The Labute approximate surface area is 150 Å². The van der Waals surface area contributed by atoms with Gasteiger partial charge in [-0.05, 0) is 42.5 Å². The molecule has 0 aliphatic carbocycles. The quantitative estimate of drug-likeness (QED) is 0.402. The molecule has 0 aromatic heterocycles. The molecule has 3 aromatic rings. The molecule has 0 fully saturated rings. The standard InChI is InChI=1S/C19H15N3O2S/c23-22(24)18-14-8-7-13-17(18)21(16-11-5-2-6-12-16)19(25)20-15-9-3-1-4-10-15/h1-14H,(H,20,25). The third-order valence-electron chi connectivity index (χ3n) is 3.56. The van der Waals surface area contributed by atoms with Gasteiger partial charge in [-0.1, -0.05) is 48.5 Å². The predicted molar refractivity (Wildman–Crippen MR) is 104 cm³/mol. The summed E-state index contributed by atoms with van der Waals surface area (Å²) in [4.78, 5) is 12.7. The molecular formula is C19H15N3O2S. The van der Waals surface area contributed by atoms with Gasteiger partial charge >= 0.3 is 0 Å². The van der Waals surface area contributed by atoms with Crippen LogP contribution in [0.5, 0.6) is 0 Å². The van der Waals surface area contributed by atoms with Crippen LogP contribution >= 0.6 is 12.2 Å². The molecule has 0 saturated heterocycles. The van der Waals surface area contributed by atoms with Crippen molar-refractivity contribution in [3.8, 4) is 0 Å². The highest BCUT2D eigenvalue weighted by molar-refractivity contribution is 7.80. The molecule has 0 aliphatic heterocycles. The largest absolute Gasteiger partial charge is 0.332 e. The number of rotatable bonds is 4. The zero-order chi connectivity index (χ0) is 17.6. The topological polar surface area (TPSA) is 58.4 Å². The molecule has 0 unspecified atom stereocenters. The molecular weight excluding hydrogens is 334 g/mol. The van der Waals surface area contributed by atoms with Crippen LogP contribution in [0.1, 0.15) is 0 Å². The minimum atomic E-state index is -0.406. The van der Waals surface area contributed by atoms with Gasteiger partial charge in [-0.3, -0.25) is 15.0 Å². The summed E-state index contributed by atoms with van der Waals surface area (Å²) in [6.45, 7) is 0. The Kier molecular flexibility index (Phi) is 5.01. The number of para-hydroxylation sites is 4. The van der Waals surface area contributed by atoms with E-state index in [1.165, 1.54) is 6.07 Å². The van der Waals surface area contributed by atoms with Crippen LogP contribution in [0.15, 0.2) is 84.9 Å². The summed E-state index contributed by atoms with van der Waals surface area (Å²) in [5, 5.41) is 14.9. The highest BCUT2D eigenvalue weighted by Gasteiger charge is 2.23.